The third kappa shape index (κ3) is 1.33. The Balaban J connectivity index is 1.98. The first-order valence-electron chi connectivity index (χ1n) is 5.24. The highest BCUT2D eigenvalue weighted by Crippen LogP contribution is 2.35. The van der Waals surface area contributed by atoms with Gasteiger partial charge in [-0.2, -0.15) is 0 Å². The van der Waals surface area contributed by atoms with Crippen molar-refractivity contribution in [1.82, 2.24) is 10.9 Å². The van der Waals surface area contributed by atoms with Crippen LogP contribution in [-0.2, 0) is 4.79 Å². The minimum absolute atomic E-state index is 0.0452. The first kappa shape index (κ1) is 8.88. The van der Waals surface area contributed by atoms with Crippen LogP contribution in [0.25, 0.3) is 0 Å². The molecule has 1 aromatic carbocycles. The van der Waals surface area contributed by atoms with Gasteiger partial charge in [0.15, 0.2) is 0 Å². The number of hydrazine groups is 1. The second-order valence-corrected chi connectivity index (χ2v) is 4.02. The Morgan fingerprint density at radius 3 is 2.93 bits per heavy atom. The zero-order chi connectivity index (χ0) is 10.3. The Bertz CT molecular complexity index is 399. The standard InChI is InChI=1S/C11H13N3O/c15-11-10(9-5-6-12-14-9)7-3-1-2-4-8(7)13-11/h1-4,9-10,12,14H,5-6H2,(H,13,15). The van der Waals surface area contributed by atoms with Gasteiger partial charge in [-0.15, -0.1) is 0 Å². The highest BCUT2D eigenvalue weighted by atomic mass is 16.2. The topological polar surface area (TPSA) is 53.2 Å². The number of fused-ring (bicyclic) bond motifs is 1. The molecule has 2 atom stereocenters. The molecule has 2 aliphatic rings. The molecule has 0 aliphatic carbocycles. The Morgan fingerprint density at radius 2 is 2.13 bits per heavy atom. The average molecular weight is 203 g/mol. The minimum atomic E-state index is -0.0452. The number of rotatable bonds is 1. The van der Waals surface area contributed by atoms with Gasteiger partial charge in [0.1, 0.15) is 0 Å². The molecule has 2 heterocycles. The van der Waals surface area contributed by atoms with Gasteiger partial charge >= 0.3 is 0 Å². The van der Waals surface area contributed by atoms with Crippen LogP contribution in [0.5, 0.6) is 0 Å². The van der Waals surface area contributed by atoms with Crippen molar-refractivity contribution in [2.75, 3.05) is 11.9 Å². The van der Waals surface area contributed by atoms with Crippen LogP contribution in [0.1, 0.15) is 17.9 Å². The number of benzene rings is 1. The lowest BCUT2D eigenvalue weighted by Crippen LogP contribution is -2.37. The molecule has 1 fully saturated rings. The lowest BCUT2D eigenvalue weighted by atomic mass is 9.92. The summed E-state index contributed by atoms with van der Waals surface area (Å²) < 4.78 is 0. The van der Waals surface area contributed by atoms with Gasteiger partial charge in [0.05, 0.1) is 5.92 Å². The highest BCUT2D eigenvalue weighted by Gasteiger charge is 2.37. The molecule has 15 heavy (non-hydrogen) atoms. The number of anilines is 1. The average Bonchev–Trinajstić information content (AvgIpc) is 2.82. The van der Waals surface area contributed by atoms with E-state index in [9.17, 15) is 4.79 Å². The fraction of sp³-hybridized carbons (Fsp3) is 0.364. The summed E-state index contributed by atoms with van der Waals surface area (Å²) in [6.07, 6.45) is 0.992. The maximum absolute atomic E-state index is 11.8. The molecule has 0 aromatic heterocycles. The van der Waals surface area contributed by atoms with E-state index in [4.69, 9.17) is 0 Å². The molecule has 3 N–H and O–H groups in total. The van der Waals surface area contributed by atoms with Crippen LogP contribution >= 0.6 is 0 Å². The lowest BCUT2D eigenvalue weighted by Gasteiger charge is -2.16. The number of carbonyl (C=O) groups excluding carboxylic acids is 1. The summed E-state index contributed by atoms with van der Waals surface area (Å²) in [5.41, 5.74) is 8.30. The van der Waals surface area contributed by atoms with Crippen LogP contribution in [0.3, 0.4) is 0 Å². The molecule has 3 rings (SSSR count). The van der Waals surface area contributed by atoms with Crippen molar-refractivity contribution in [2.24, 2.45) is 0 Å². The quantitative estimate of drug-likeness (QED) is 0.626. The SMILES string of the molecule is O=C1Nc2ccccc2C1C1CCNN1. The third-order valence-corrected chi connectivity index (χ3v) is 3.11. The van der Waals surface area contributed by atoms with Gasteiger partial charge in [0.25, 0.3) is 0 Å². The number of para-hydroxylation sites is 1. The molecule has 1 aromatic rings. The number of hydrogen-bond donors (Lipinski definition) is 3. The van der Waals surface area contributed by atoms with Gasteiger partial charge < -0.3 is 5.32 Å². The summed E-state index contributed by atoms with van der Waals surface area (Å²) in [7, 11) is 0. The van der Waals surface area contributed by atoms with Crippen LogP contribution in [0.15, 0.2) is 24.3 Å². The second-order valence-electron chi connectivity index (χ2n) is 4.02. The normalized spacial score (nSPS) is 28.9. The molecule has 4 heteroatoms. The van der Waals surface area contributed by atoms with Crippen molar-refractivity contribution in [3.8, 4) is 0 Å². The van der Waals surface area contributed by atoms with E-state index in [2.05, 4.69) is 16.2 Å². The van der Waals surface area contributed by atoms with Crippen molar-refractivity contribution in [3.05, 3.63) is 29.8 Å². The molecular weight excluding hydrogens is 190 g/mol. The van der Waals surface area contributed by atoms with E-state index in [1.54, 1.807) is 0 Å². The molecule has 2 aliphatic heterocycles. The van der Waals surface area contributed by atoms with Crippen molar-refractivity contribution in [1.29, 1.82) is 0 Å². The van der Waals surface area contributed by atoms with E-state index < -0.39 is 0 Å². The van der Waals surface area contributed by atoms with Gasteiger partial charge in [0.2, 0.25) is 5.91 Å². The highest BCUT2D eigenvalue weighted by molar-refractivity contribution is 6.03. The first-order chi connectivity index (χ1) is 7.36. The van der Waals surface area contributed by atoms with E-state index in [1.165, 1.54) is 0 Å². The zero-order valence-corrected chi connectivity index (χ0v) is 8.29. The predicted molar refractivity (Wildman–Crippen MR) is 57.4 cm³/mol. The zero-order valence-electron chi connectivity index (χ0n) is 8.29. The van der Waals surface area contributed by atoms with Crippen molar-refractivity contribution in [3.63, 3.8) is 0 Å². The monoisotopic (exact) mass is 203 g/mol. The van der Waals surface area contributed by atoms with Crippen molar-refractivity contribution >= 4 is 11.6 Å². The van der Waals surface area contributed by atoms with Crippen LogP contribution < -0.4 is 16.2 Å². The predicted octanol–water partition coefficient (Wildman–Crippen LogP) is 0.589. The molecule has 2 unspecified atom stereocenters. The minimum Gasteiger partial charge on any atom is -0.325 e. The first-order valence-corrected chi connectivity index (χ1v) is 5.24. The van der Waals surface area contributed by atoms with E-state index in [-0.39, 0.29) is 17.9 Å². The molecule has 0 spiro atoms. The number of carbonyl (C=O) groups is 1. The van der Waals surface area contributed by atoms with Gasteiger partial charge in [-0.1, -0.05) is 18.2 Å². The van der Waals surface area contributed by atoms with E-state index in [0.717, 1.165) is 24.2 Å². The Morgan fingerprint density at radius 1 is 1.27 bits per heavy atom. The summed E-state index contributed by atoms with van der Waals surface area (Å²) in [5, 5.41) is 2.92. The van der Waals surface area contributed by atoms with Gasteiger partial charge in [0, 0.05) is 18.3 Å². The molecular formula is C11H13N3O. The van der Waals surface area contributed by atoms with Crippen molar-refractivity contribution in [2.45, 2.75) is 18.4 Å². The number of nitrogens with one attached hydrogen (secondary N) is 3. The Kier molecular flexibility index (Phi) is 1.97. The van der Waals surface area contributed by atoms with Gasteiger partial charge in [-0.3, -0.25) is 15.6 Å². The number of hydrogen-bond acceptors (Lipinski definition) is 3. The second kappa shape index (κ2) is 3.32. The van der Waals surface area contributed by atoms with Crippen LogP contribution in [0.2, 0.25) is 0 Å². The number of amides is 1. The largest absolute Gasteiger partial charge is 0.325 e. The summed E-state index contributed by atoms with van der Waals surface area (Å²) >= 11 is 0. The fourth-order valence-electron chi connectivity index (χ4n) is 2.39. The molecule has 4 nitrogen and oxygen atoms in total. The van der Waals surface area contributed by atoms with E-state index in [0.29, 0.717) is 0 Å². The van der Waals surface area contributed by atoms with Gasteiger partial charge in [-0.05, 0) is 18.1 Å². The maximum atomic E-state index is 11.8. The molecule has 1 saturated heterocycles. The molecule has 0 radical (unpaired) electrons. The summed E-state index contributed by atoms with van der Waals surface area (Å²) in [6, 6.07) is 8.12. The Hall–Kier alpha value is -1.39. The maximum Gasteiger partial charge on any atom is 0.233 e. The Labute approximate surface area is 88.0 Å². The van der Waals surface area contributed by atoms with Crippen LogP contribution in [0, 0.1) is 0 Å². The van der Waals surface area contributed by atoms with Crippen LogP contribution in [0.4, 0.5) is 5.69 Å². The summed E-state index contributed by atoms with van der Waals surface area (Å²) in [4.78, 5) is 11.8. The smallest absolute Gasteiger partial charge is 0.233 e. The molecule has 1 amide bonds. The van der Waals surface area contributed by atoms with E-state index >= 15 is 0 Å². The summed E-state index contributed by atoms with van der Waals surface area (Å²) in [5.74, 6) is 0.0635. The third-order valence-electron chi connectivity index (χ3n) is 3.11. The molecule has 0 saturated carbocycles. The van der Waals surface area contributed by atoms with E-state index in [1.807, 2.05) is 24.3 Å². The van der Waals surface area contributed by atoms with Crippen LogP contribution in [-0.4, -0.2) is 18.5 Å². The van der Waals surface area contributed by atoms with Crippen molar-refractivity contribution < 1.29 is 4.79 Å². The van der Waals surface area contributed by atoms with Gasteiger partial charge in [-0.25, -0.2) is 0 Å². The lowest BCUT2D eigenvalue weighted by molar-refractivity contribution is -0.117. The molecule has 78 valence electrons. The fourth-order valence-corrected chi connectivity index (χ4v) is 2.39. The molecule has 0 bridgehead atoms. The summed E-state index contributed by atoms with van der Waals surface area (Å²) in [6.45, 7) is 0.927.